The van der Waals surface area contributed by atoms with Gasteiger partial charge in [-0.25, -0.2) is 0 Å². The van der Waals surface area contributed by atoms with Crippen LogP contribution in [0.4, 0.5) is 0 Å². The van der Waals surface area contributed by atoms with E-state index in [-0.39, 0.29) is 5.92 Å². The van der Waals surface area contributed by atoms with E-state index in [1.54, 1.807) is 0 Å². The Bertz CT molecular complexity index is 488. The Kier molecular flexibility index (Phi) is 3.24. The van der Waals surface area contributed by atoms with Crippen LogP contribution in [-0.2, 0) is 12.8 Å². The van der Waals surface area contributed by atoms with Gasteiger partial charge in [0.2, 0.25) is 0 Å². The van der Waals surface area contributed by atoms with E-state index in [4.69, 9.17) is 0 Å². The van der Waals surface area contributed by atoms with Gasteiger partial charge < -0.3 is 0 Å². The number of carbonyl (C=O) groups excluding carboxylic acids is 1. The van der Waals surface area contributed by atoms with Crippen LogP contribution >= 0.6 is 0 Å². The largest absolute Gasteiger partial charge is 0.294 e. The molecule has 0 N–H and O–H groups in total. The molecule has 1 aromatic rings. The molecular weight excluding hydrogens is 232 g/mol. The lowest BCUT2D eigenvalue weighted by Gasteiger charge is -2.33. The highest BCUT2D eigenvalue weighted by atomic mass is 16.1. The third-order valence-corrected chi connectivity index (χ3v) is 5.09. The molecule has 1 fully saturated rings. The van der Waals surface area contributed by atoms with Crippen LogP contribution in [0.3, 0.4) is 0 Å². The highest BCUT2D eigenvalue weighted by Crippen LogP contribution is 2.39. The normalized spacial score (nSPS) is 22.2. The molecule has 0 heterocycles. The Morgan fingerprint density at radius 1 is 1.11 bits per heavy atom. The Morgan fingerprint density at radius 3 is 2.53 bits per heavy atom. The molecule has 0 spiro atoms. The van der Waals surface area contributed by atoms with E-state index in [1.165, 1.54) is 36.8 Å². The summed E-state index contributed by atoms with van der Waals surface area (Å²) in [5.74, 6) is 0.665. The van der Waals surface area contributed by atoms with Crippen molar-refractivity contribution in [2.75, 3.05) is 0 Å². The summed E-state index contributed by atoms with van der Waals surface area (Å²) in [6.45, 7) is 4.65. The Hall–Kier alpha value is -1.11. The molecule has 0 radical (unpaired) electrons. The summed E-state index contributed by atoms with van der Waals surface area (Å²) in [5.41, 5.74) is 4.28. The first kappa shape index (κ1) is 12.9. The fraction of sp³-hybridized carbons (Fsp3) is 0.611. The van der Waals surface area contributed by atoms with Crippen molar-refractivity contribution in [3.8, 4) is 0 Å². The highest BCUT2D eigenvalue weighted by Gasteiger charge is 2.31. The number of benzene rings is 1. The Balaban J connectivity index is 1.74. The lowest BCUT2D eigenvalue weighted by atomic mass is 9.71. The molecule has 1 aromatic carbocycles. The van der Waals surface area contributed by atoms with Crippen LogP contribution in [0.1, 0.15) is 67.4 Å². The standard InChI is InChI=1S/C18H24O/c1-18(2)10-8-14(9-11-18)17(19)16-7-6-13-4-3-5-15(13)12-16/h6-7,12,14H,3-5,8-11H2,1-2H3. The molecule has 2 aliphatic carbocycles. The minimum absolute atomic E-state index is 0.271. The van der Waals surface area contributed by atoms with Crippen molar-refractivity contribution in [3.05, 3.63) is 34.9 Å². The van der Waals surface area contributed by atoms with E-state index < -0.39 is 0 Å². The van der Waals surface area contributed by atoms with Gasteiger partial charge in [-0.15, -0.1) is 0 Å². The molecule has 0 bridgehead atoms. The first-order chi connectivity index (χ1) is 9.05. The first-order valence-corrected chi connectivity index (χ1v) is 7.71. The quantitative estimate of drug-likeness (QED) is 0.708. The van der Waals surface area contributed by atoms with Crippen molar-refractivity contribution >= 4 is 5.78 Å². The van der Waals surface area contributed by atoms with E-state index >= 15 is 0 Å². The second kappa shape index (κ2) is 4.77. The number of carbonyl (C=O) groups is 1. The fourth-order valence-electron chi connectivity index (χ4n) is 3.62. The molecule has 0 amide bonds. The molecule has 2 aliphatic rings. The SMILES string of the molecule is CC1(C)CCC(C(=O)c2ccc3c(c2)CCC3)CC1. The van der Waals surface area contributed by atoms with Gasteiger partial charge in [0.1, 0.15) is 0 Å². The molecule has 0 unspecified atom stereocenters. The minimum Gasteiger partial charge on any atom is -0.294 e. The van der Waals surface area contributed by atoms with Crippen molar-refractivity contribution in [2.24, 2.45) is 11.3 Å². The van der Waals surface area contributed by atoms with E-state index in [0.717, 1.165) is 24.8 Å². The molecule has 0 atom stereocenters. The summed E-state index contributed by atoms with van der Waals surface area (Å²) in [7, 11) is 0. The van der Waals surface area contributed by atoms with E-state index in [1.807, 2.05) is 0 Å². The number of fused-ring (bicyclic) bond motifs is 1. The molecule has 3 rings (SSSR count). The van der Waals surface area contributed by atoms with Crippen molar-refractivity contribution in [1.82, 2.24) is 0 Å². The number of ketones is 1. The van der Waals surface area contributed by atoms with Gasteiger partial charge in [0.15, 0.2) is 5.78 Å². The molecule has 102 valence electrons. The molecule has 0 aromatic heterocycles. The van der Waals surface area contributed by atoms with Gasteiger partial charge in [-0.2, -0.15) is 0 Å². The minimum atomic E-state index is 0.271. The molecular formula is C18H24O. The zero-order valence-electron chi connectivity index (χ0n) is 12.2. The summed E-state index contributed by atoms with van der Waals surface area (Å²) in [4.78, 5) is 12.6. The lowest BCUT2D eigenvalue weighted by Crippen LogP contribution is -2.26. The van der Waals surface area contributed by atoms with Crippen LogP contribution in [0.15, 0.2) is 18.2 Å². The van der Waals surface area contributed by atoms with Crippen LogP contribution in [0.5, 0.6) is 0 Å². The molecule has 1 saturated carbocycles. The molecule has 0 aliphatic heterocycles. The average molecular weight is 256 g/mol. The van der Waals surface area contributed by atoms with Crippen LogP contribution in [0.2, 0.25) is 0 Å². The molecule has 0 saturated heterocycles. The average Bonchev–Trinajstić information content (AvgIpc) is 2.85. The van der Waals surface area contributed by atoms with E-state index in [2.05, 4.69) is 32.0 Å². The second-order valence-electron chi connectivity index (χ2n) is 7.14. The monoisotopic (exact) mass is 256 g/mol. The number of hydrogen-bond acceptors (Lipinski definition) is 1. The Labute approximate surface area is 116 Å². The summed E-state index contributed by atoms with van der Waals surface area (Å²) < 4.78 is 0. The maximum absolute atomic E-state index is 12.6. The van der Waals surface area contributed by atoms with Gasteiger partial charge in [0.25, 0.3) is 0 Å². The summed E-state index contributed by atoms with van der Waals surface area (Å²) in [5, 5.41) is 0. The van der Waals surface area contributed by atoms with E-state index in [9.17, 15) is 4.79 Å². The summed E-state index contributed by atoms with van der Waals surface area (Å²) in [6, 6.07) is 6.42. The second-order valence-corrected chi connectivity index (χ2v) is 7.14. The zero-order chi connectivity index (χ0) is 13.5. The lowest BCUT2D eigenvalue weighted by molar-refractivity contribution is 0.0838. The maximum atomic E-state index is 12.6. The summed E-state index contributed by atoms with van der Waals surface area (Å²) in [6.07, 6.45) is 8.13. The van der Waals surface area contributed by atoms with Gasteiger partial charge >= 0.3 is 0 Å². The summed E-state index contributed by atoms with van der Waals surface area (Å²) >= 11 is 0. The van der Waals surface area contributed by atoms with Gasteiger partial charge in [-0.3, -0.25) is 4.79 Å². The Morgan fingerprint density at radius 2 is 1.79 bits per heavy atom. The number of hydrogen-bond donors (Lipinski definition) is 0. The highest BCUT2D eigenvalue weighted by molar-refractivity contribution is 5.98. The molecule has 19 heavy (non-hydrogen) atoms. The zero-order valence-corrected chi connectivity index (χ0v) is 12.2. The van der Waals surface area contributed by atoms with Gasteiger partial charge in [-0.1, -0.05) is 26.0 Å². The van der Waals surface area contributed by atoms with Gasteiger partial charge in [0.05, 0.1) is 0 Å². The van der Waals surface area contributed by atoms with Crippen molar-refractivity contribution in [3.63, 3.8) is 0 Å². The van der Waals surface area contributed by atoms with Crippen LogP contribution in [0.25, 0.3) is 0 Å². The predicted octanol–water partition coefficient (Wildman–Crippen LogP) is 4.57. The first-order valence-electron chi connectivity index (χ1n) is 7.71. The third kappa shape index (κ3) is 2.61. The van der Waals surface area contributed by atoms with Crippen LogP contribution in [0, 0.1) is 11.3 Å². The topological polar surface area (TPSA) is 17.1 Å². The molecule has 1 heteroatoms. The van der Waals surface area contributed by atoms with Gasteiger partial charge in [-0.05, 0) is 67.6 Å². The molecule has 1 nitrogen and oxygen atoms in total. The smallest absolute Gasteiger partial charge is 0.165 e. The number of rotatable bonds is 2. The van der Waals surface area contributed by atoms with E-state index in [0.29, 0.717) is 11.2 Å². The van der Waals surface area contributed by atoms with Crippen LogP contribution in [-0.4, -0.2) is 5.78 Å². The third-order valence-electron chi connectivity index (χ3n) is 5.09. The number of aryl methyl sites for hydroxylation is 2. The predicted molar refractivity (Wildman–Crippen MR) is 78.5 cm³/mol. The maximum Gasteiger partial charge on any atom is 0.165 e. The van der Waals surface area contributed by atoms with Crippen molar-refractivity contribution in [2.45, 2.75) is 58.8 Å². The number of Topliss-reactive ketones (excluding diaryl/α,β-unsaturated/α-hetero) is 1. The fourth-order valence-corrected chi connectivity index (χ4v) is 3.62. The van der Waals surface area contributed by atoms with Crippen molar-refractivity contribution in [1.29, 1.82) is 0 Å². The van der Waals surface area contributed by atoms with Gasteiger partial charge in [0, 0.05) is 11.5 Å². The van der Waals surface area contributed by atoms with Crippen molar-refractivity contribution < 1.29 is 4.79 Å². The van der Waals surface area contributed by atoms with Crippen LogP contribution < -0.4 is 0 Å².